The molecule has 0 atom stereocenters. The molecule has 0 saturated carbocycles. The van der Waals surface area contributed by atoms with Crippen LogP contribution in [0.4, 0.5) is 0 Å². The van der Waals surface area contributed by atoms with Crippen LogP contribution in [0.3, 0.4) is 0 Å². The molecule has 0 aromatic heterocycles. The van der Waals surface area contributed by atoms with E-state index >= 15 is 0 Å². The van der Waals surface area contributed by atoms with Crippen LogP contribution in [0.2, 0.25) is 0 Å². The molecule has 0 nitrogen and oxygen atoms in total. The Kier molecular flexibility index (Phi) is 5.15. The Morgan fingerprint density at radius 3 is 1.79 bits per heavy atom. The van der Waals surface area contributed by atoms with Crippen LogP contribution in [0.25, 0.3) is 0 Å². The second kappa shape index (κ2) is 7.49. The van der Waals surface area contributed by atoms with Gasteiger partial charge in [-0.3, -0.25) is 0 Å². The molecule has 0 saturated heterocycles. The van der Waals surface area contributed by atoms with E-state index < -0.39 is 0 Å². The minimum atomic E-state index is 0.440. The highest BCUT2D eigenvalue weighted by Gasteiger charge is 2.14. The smallest absolute Gasteiger partial charge is 0.00925 e. The number of hydrogen-bond donors (Lipinski definition) is 0. The monoisotopic (exact) mass is 313 g/mol. The molecule has 3 rings (SSSR count). The fourth-order valence-corrected chi connectivity index (χ4v) is 3.25. The fourth-order valence-electron chi connectivity index (χ4n) is 3.25. The maximum atomic E-state index is 3.16. The highest BCUT2D eigenvalue weighted by atomic mass is 14.2. The minimum Gasteiger partial charge on any atom is -0.0590 e. The van der Waals surface area contributed by atoms with Gasteiger partial charge in [-0.1, -0.05) is 77.9 Å². The third-order valence-electron chi connectivity index (χ3n) is 4.85. The summed E-state index contributed by atoms with van der Waals surface area (Å²) in [7, 11) is 0. The summed E-state index contributed by atoms with van der Waals surface area (Å²) in [6.45, 7) is 6.47. The van der Waals surface area contributed by atoms with Gasteiger partial charge in [0, 0.05) is 5.92 Å². The van der Waals surface area contributed by atoms with E-state index in [0.29, 0.717) is 5.92 Å². The van der Waals surface area contributed by atoms with E-state index in [2.05, 4.69) is 87.5 Å². The van der Waals surface area contributed by atoms with Gasteiger partial charge in [-0.2, -0.15) is 0 Å². The number of benzene rings is 3. The Bertz CT molecular complexity index is 734. The van der Waals surface area contributed by atoms with Crippen LogP contribution in [-0.4, -0.2) is 0 Å². The van der Waals surface area contributed by atoms with Gasteiger partial charge in [0.05, 0.1) is 0 Å². The maximum Gasteiger partial charge on any atom is 0.00925 e. The van der Waals surface area contributed by atoms with E-state index in [1.807, 2.05) is 6.07 Å². The highest BCUT2D eigenvalue weighted by molar-refractivity contribution is 5.36. The van der Waals surface area contributed by atoms with Crippen LogP contribution in [0.15, 0.2) is 66.7 Å². The molecular weight excluding hydrogens is 288 g/mol. The molecule has 0 spiro atoms. The number of aryl methyl sites for hydroxylation is 4. The van der Waals surface area contributed by atoms with Crippen LogP contribution in [0.1, 0.15) is 45.7 Å². The molecule has 1 radical (unpaired) electrons. The Hall–Kier alpha value is -2.34. The average Bonchev–Trinajstić information content (AvgIpc) is 2.59. The van der Waals surface area contributed by atoms with Gasteiger partial charge in [0.2, 0.25) is 0 Å². The maximum absolute atomic E-state index is 3.16. The molecule has 3 aromatic carbocycles. The van der Waals surface area contributed by atoms with Crippen molar-refractivity contribution in [3.8, 4) is 0 Å². The van der Waals surface area contributed by atoms with Gasteiger partial charge in [0.1, 0.15) is 0 Å². The zero-order chi connectivity index (χ0) is 16.9. The van der Waals surface area contributed by atoms with Crippen LogP contribution < -0.4 is 0 Å². The Labute approximate surface area is 146 Å². The van der Waals surface area contributed by atoms with Gasteiger partial charge < -0.3 is 0 Å². The molecule has 0 amide bonds. The van der Waals surface area contributed by atoms with E-state index in [1.54, 1.807) is 0 Å². The van der Waals surface area contributed by atoms with Crippen molar-refractivity contribution >= 4 is 0 Å². The van der Waals surface area contributed by atoms with Gasteiger partial charge in [0.15, 0.2) is 0 Å². The molecule has 121 valence electrons. The summed E-state index contributed by atoms with van der Waals surface area (Å²) in [5, 5.41) is 0. The SMILES string of the molecule is Cc1ccc(C(CCc2cc[c]cc2C)c2ccc(C)cc2)cc1. The van der Waals surface area contributed by atoms with Crippen molar-refractivity contribution in [1.29, 1.82) is 0 Å². The Balaban J connectivity index is 1.88. The summed E-state index contributed by atoms with van der Waals surface area (Å²) < 4.78 is 0. The summed E-state index contributed by atoms with van der Waals surface area (Å²) >= 11 is 0. The highest BCUT2D eigenvalue weighted by Crippen LogP contribution is 2.30. The van der Waals surface area contributed by atoms with Gasteiger partial charge >= 0.3 is 0 Å². The van der Waals surface area contributed by atoms with Gasteiger partial charge in [-0.15, -0.1) is 0 Å². The van der Waals surface area contributed by atoms with Crippen LogP contribution in [0, 0.1) is 26.8 Å². The molecule has 24 heavy (non-hydrogen) atoms. The van der Waals surface area contributed by atoms with Crippen molar-refractivity contribution in [1.82, 2.24) is 0 Å². The predicted octanol–water partition coefficient (Wildman–Crippen LogP) is 6.18. The van der Waals surface area contributed by atoms with Crippen LogP contribution >= 0.6 is 0 Å². The Morgan fingerprint density at radius 1 is 0.750 bits per heavy atom. The van der Waals surface area contributed by atoms with Crippen molar-refractivity contribution in [2.75, 3.05) is 0 Å². The first-order valence-electron chi connectivity index (χ1n) is 8.72. The molecule has 0 aliphatic heterocycles. The van der Waals surface area contributed by atoms with E-state index in [0.717, 1.165) is 12.8 Å². The first kappa shape index (κ1) is 16.5. The first-order chi connectivity index (χ1) is 11.6. The lowest BCUT2D eigenvalue weighted by Crippen LogP contribution is -2.04. The lowest BCUT2D eigenvalue weighted by Gasteiger charge is -2.19. The summed E-state index contributed by atoms with van der Waals surface area (Å²) in [5.41, 5.74) is 8.21. The van der Waals surface area contributed by atoms with E-state index in [1.165, 1.54) is 33.4 Å². The third-order valence-corrected chi connectivity index (χ3v) is 4.85. The molecule has 0 heterocycles. The second-order valence-corrected chi connectivity index (χ2v) is 6.77. The molecule has 0 bridgehead atoms. The molecule has 0 aliphatic rings. The van der Waals surface area contributed by atoms with E-state index in [9.17, 15) is 0 Å². The largest absolute Gasteiger partial charge is 0.0590 e. The molecule has 3 aromatic rings. The summed E-state index contributed by atoms with van der Waals surface area (Å²) in [6, 6.07) is 27.5. The minimum absolute atomic E-state index is 0.440. The zero-order valence-corrected chi connectivity index (χ0v) is 14.8. The number of hydrogen-bond acceptors (Lipinski definition) is 0. The summed E-state index contributed by atoms with van der Waals surface area (Å²) in [6.07, 6.45) is 2.21. The standard InChI is InChI=1S/C24H25/c1-18-8-12-22(13-9-18)24(23-14-10-19(2)11-15-23)17-16-21-7-5-4-6-20(21)3/h5-15,24H,16-17H2,1-3H3. The fraction of sp³-hybridized carbons (Fsp3) is 0.250. The molecule has 0 unspecified atom stereocenters. The summed E-state index contributed by atoms with van der Waals surface area (Å²) in [5.74, 6) is 0.440. The van der Waals surface area contributed by atoms with Crippen molar-refractivity contribution in [2.45, 2.75) is 39.5 Å². The van der Waals surface area contributed by atoms with Crippen molar-refractivity contribution in [2.24, 2.45) is 0 Å². The number of rotatable bonds is 5. The van der Waals surface area contributed by atoms with Crippen molar-refractivity contribution in [3.63, 3.8) is 0 Å². The Morgan fingerprint density at radius 2 is 1.29 bits per heavy atom. The quantitative estimate of drug-likeness (QED) is 0.528. The van der Waals surface area contributed by atoms with Gasteiger partial charge in [-0.25, -0.2) is 0 Å². The zero-order valence-electron chi connectivity index (χ0n) is 14.8. The second-order valence-electron chi connectivity index (χ2n) is 6.77. The predicted molar refractivity (Wildman–Crippen MR) is 103 cm³/mol. The molecular formula is C24H25. The first-order valence-corrected chi connectivity index (χ1v) is 8.72. The third kappa shape index (κ3) is 3.94. The average molecular weight is 313 g/mol. The van der Waals surface area contributed by atoms with Crippen LogP contribution in [-0.2, 0) is 6.42 Å². The van der Waals surface area contributed by atoms with E-state index in [-0.39, 0.29) is 0 Å². The topological polar surface area (TPSA) is 0 Å². The van der Waals surface area contributed by atoms with Crippen LogP contribution in [0.5, 0.6) is 0 Å². The molecule has 0 aliphatic carbocycles. The normalized spacial score (nSPS) is 11.0. The lowest BCUT2D eigenvalue weighted by atomic mass is 9.85. The van der Waals surface area contributed by atoms with E-state index in [4.69, 9.17) is 0 Å². The van der Waals surface area contributed by atoms with Crippen molar-refractivity contribution < 1.29 is 0 Å². The van der Waals surface area contributed by atoms with Crippen molar-refractivity contribution in [3.05, 3.63) is 106 Å². The lowest BCUT2D eigenvalue weighted by molar-refractivity contribution is 0.712. The van der Waals surface area contributed by atoms with Gasteiger partial charge in [0.25, 0.3) is 0 Å². The molecule has 0 heteroatoms. The van der Waals surface area contributed by atoms with Gasteiger partial charge in [-0.05, 0) is 61.9 Å². The molecule has 0 fully saturated rings. The summed E-state index contributed by atoms with van der Waals surface area (Å²) in [4.78, 5) is 0. The molecule has 0 N–H and O–H groups in total.